The van der Waals surface area contributed by atoms with Crippen LogP contribution >= 0.6 is 11.6 Å². The van der Waals surface area contributed by atoms with Gasteiger partial charge < -0.3 is 10.0 Å². The summed E-state index contributed by atoms with van der Waals surface area (Å²) < 4.78 is 0. The number of rotatable bonds is 5. The smallest absolute Gasteiger partial charge is 0.305 e. The highest BCUT2D eigenvalue weighted by atomic mass is 35.5. The van der Waals surface area contributed by atoms with Gasteiger partial charge in [0.15, 0.2) is 0 Å². The number of halogens is 1. The Morgan fingerprint density at radius 3 is 2.58 bits per heavy atom. The van der Waals surface area contributed by atoms with Gasteiger partial charge in [0.1, 0.15) is 0 Å². The number of benzene rings is 1. The number of nitro benzene ring substituents is 1. The van der Waals surface area contributed by atoms with E-state index >= 15 is 0 Å². The molecule has 0 fully saturated rings. The summed E-state index contributed by atoms with van der Waals surface area (Å²) >= 11 is 5.70. The first kappa shape index (κ1) is 14.9. The molecule has 0 aliphatic rings. The molecule has 19 heavy (non-hydrogen) atoms. The van der Waals surface area contributed by atoms with E-state index in [9.17, 15) is 19.7 Å². The van der Waals surface area contributed by atoms with Crippen molar-refractivity contribution in [2.45, 2.75) is 6.42 Å². The maximum Gasteiger partial charge on any atom is 0.305 e. The maximum absolute atomic E-state index is 11.9. The molecule has 0 radical (unpaired) electrons. The average Bonchev–Trinajstić information content (AvgIpc) is 2.34. The van der Waals surface area contributed by atoms with Crippen LogP contribution in [0.25, 0.3) is 0 Å². The Kier molecular flexibility index (Phi) is 4.82. The van der Waals surface area contributed by atoms with Crippen LogP contribution in [-0.4, -0.2) is 40.4 Å². The molecule has 0 saturated heterocycles. The Balaban J connectivity index is 2.92. The Bertz CT molecular complexity index is 532. The van der Waals surface area contributed by atoms with Crippen molar-refractivity contribution in [3.8, 4) is 0 Å². The van der Waals surface area contributed by atoms with Gasteiger partial charge in [0, 0.05) is 36.3 Å². The summed E-state index contributed by atoms with van der Waals surface area (Å²) in [5, 5.41) is 19.3. The van der Waals surface area contributed by atoms with E-state index in [1.54, 1.807) is 0 Å². The molecule has 0 aliphatic heterocycles. The Hall–Kier alpha value is -2.15. The second-order valence-electron chi connectivity index (χ2n) is 3.83. The molecule has 8 heteroatoms. The minimum absolute atomic E-state index is 0.00841. The lowest BCUT2D eigenvalue weighted by Gasteiger charge is -2.16. The maximum atomic E-state index is 11.9. The van der Waals surface area contributed by atoms with Crippen LogP contribution in [0.2, 0.25) is 5.02 Å². The average molecular weight is 287 g/mol. The second-order valence-corrected chi connectivity index (χ2v) is 4.26. The molecule has 0 atom stereocenters. The van der Waals surface area contributed by atoms with Crippen molar-refractivity contribution >= 4 is 29.2 Å². The van der Waals surface area contributed by atoms with Gasteiger partial charge >= 0.3 is 5.97 Å². The molecule has 0 saturated carbocycles. The van der Waals surface area contributed by atoms with Crippen LogP contribution in [0.1, 0.15) is 16.8 Å². The van der Waals surface area contributed by atoms with Gasteiger partial charge in [0.05, 0.1) is 11.3 Å². The van der Waals surface area contributed by atoms with Gasteiger partial charge in [-0.2, -0.15) is 0 Å². The zero-order valence-electron chi connectivity index (χ0n) is 10.00. The van der Waals surface area contributed by atoms with E-state index in [2.05, 4.69) is 0 Å². The summed E-state index contributed by atoms with van der Waals surface area (Å²) in [6, 6.07) is 3.54. The van der Waals surface area contributed by atoms with Crippen molar-refractivity contribution < 1.29 is 19.6 Å². The zero-order valence-corrected chi connectivity index (χ0v) is 10.8. The minimum Gasteiger partial charge on any atom is -0.481 e. The lowest BCUT2D eigenvalue weighted by molar-refractivity contribution is -0.384. The number of amides is 1. The number of non-ortho nitro benzene ring substituents is 1. The molecule has 1 aromatic rings. The minimum atomic E-state index is -1.03. The van der Waals surface area contributed by atoms with E-state index < -0.39 is 16.8 Å². The number of carboxylic acid groups (broad SMARTS) is 1. The third kappa shape index (κ3) is 4.22. The van der Waals surface area contributed by atoms with E-state index in [-0.39, 0.29) is 29.2 Å². The summed E-state index contributed by atoms with van der Waals surface area (Å²) in [6.07, 6.45) is -0.203. The van der Waals surface area contributed by atoms with E-state index in [0.717, 1.165) is 12.1 Å². The van der Waals surface area contributed by atoms with Gasteiger partial charge in [-0.3, -0.25) is 19.7 Å². The highest BCUT2D eigenvalue weighted by molar-refractivity contribution is 6.31. The normalized spacial score (nSPS) is 10.0. The lowest BCUT2D eigenvalue weighted by atomic mass is 10.1. The SMILES string of the molecule is CN(CCC(=O)O)C(=O)c1cc(Cl)cc([N+](=O)[O-])c1. The second kappa shape index (κ2) is 6.14. The standard InChI is InChI=1S/C11H11ClN2O5/c1-13(3-2-10(15)16)11(17)7-4-8(12)6-9(5-7)14(18)19/h4-6H,2-3H2,1H3,(H,15,16). The zero-order chi connectivity index (χ0) is 14.6. The highest BCUT2D eigenvalue weighted by Crippen LogP contribution is 2.21. The van der Waals surface area contributed by atoms with Crippen LogP contribution in [0, 0.1) is 10.1 Å². The molecular weight excluding hydrogens is 276 g/mol. The van der Waals surface area contributed by atoms with Gasteiger partial charge in [-0.05, 0) is 6.07 Å². The topological polar surface area (TPSA) is 101 Å². The molecular formula is C11H11ClN2O5. The fourth-order valence-electron chi connectivity index (χ4n) is 1.39. The largest absolute Gasteiger partial charge is 0.481 e. The molecule has 7 nitrogen and oxygen atoms in total. The molecule has 1 N–H and O–H groups in total. The van der Waals surface area contributed by atoms with Crippen molar-refractivity contribution in [2.75, 3.05) is 13.6 Å². The van der Waals surface area contributed by atoms with Gasteiger partial charge in [0.2, 0.25) is 0 Å². The summed E-state index contributed by atoms with van der Waals surface area (Å²) in [7, 11) is 1.41. The number of nitro groups is 1. The molecule has 1 rings (SSSR count). The molecule has 0 heterocycles. The molecule has 0 unspecified atom stereocenters. The molecule has 0 aliphatic carbocycles. The quantitative estimate of drug-likeness (QED) is 0.657. The number of nitrogens with zero attached hydrogens (tertiary/aromatic N) is 2. The predicted octanol–water partition coefficient (Wildman–Crippen LogP) is 1.79. The molecule has 1 amide bonds. The van der Waals surface area contributed by atoms with Gasteiger partial charge in [-0.25, -0.2) is 0 Å². The fraction of sp³-hybridized carbons (Fsp3) is 0.273. The van der Waals surface area contributed by atoms with Crippen LogP contribution in [0.5, 0.6) is 0 Å². The fourth-order valence-corrected chi connectivity index (χ4v) is 1.62. The first-order chi connectivity index (χ1) is 8.81. The number of aliphatic carboxylic acids is 1. The van der Waals surface area contributed by atoms with E-state index in [1.165, 1.54) is 18.0 Å². The number of hydrogen-bond donors (Lipinski definition) is 1. The van der Waals surface area contributed by atoms with Crippen LogP contribution in [0.3, 0.4) is 0 Å². The van der Waals surface area contributed by atoms with Crippen LogP contribution in [-0.2, 0) is 4.79 Å². The Morgan fingerprint density at radius 2 is 2.05 bits per heavy atom. The summed E-state index contributed by atoms with van der Waals surface area (Å²) in [5.74, 6) is -1.55. The Morgan fingerprint density at radius 1 is 1.42 bits per heavy atom. The van der Waals surface area contributed by atoms with Crippen LogP contribution in [0.15, 0.2) is 18.2 Å². The molecule has 1 aromatic carbocycles. The number of hydrogen-bond acceptors (Lipinski definition) is 4. The summed E-state index contributed by atoms with van der Waals surface area (Å²) in [5.41, 5.74) is -0.241. The lowest BCUT2D eigenvalue weighted by Crippen LogP contribution is -2.29. The van der Waals surface area contributed by atoms with Gasteiger partial charge in [-0.15, -0.1) is 0 Å². The van der Waals surface area contributed by atoms with E-state index in [1.807, 2.05) is 0 Å². The summed E-state index contributed by atoms with van der Waals surface area (Å²) in [4.78, 5) is 33.5. The van der Waals surface area contributed by atoms with Crippen molar-refractivity contribution in [1.82, 2.24) is 4.90 Å². The van der Waals surface area contributed by atoms with Gasteiger partial charge in [-0.1, -0.05) is 11.6 Å². The van der Waals surface area contributed by atoms with Crippen molar-refractivity contribution in [3.63, 3.8) is 0 Å². The third-order valence-corrected chi connectivity index (χ3v) is 2.57. The first-order valence-corrected chi connectivity index (χ1v) is 5.61. The number of carbonyl (C=O) groups excluding carboxylic acids is 1. The predicted molar refractivity (Wildman–Crippen MR) is 67.3 cm³/mol. The van der Waals surface area contributed by atoms with Crippen LogP contribution < -0.4 is 0 Å². The third-order valence-electron chi connectivity index (χ3n) is 2.35. The monoisotopic (exact) mass is 286 g/mol. The van der Waals surface area contributed by atoms with E-state index in [4.69, 9.17) is 16.7 Å². The van der Waals surface area contributed by atoms with Crippen molar-refractivity contribution in [3.05, 3.63) is 38.9 Å². The molecule has 0 spiro atoms. The molecule has 102 valence electrons. The highest BCUT2D eigenvalue weighted by Gasteiger charge is 2.17. The van der Waals surface area contributed by atoms with Crippen molar-refractivity contribution in [1.29, 1.82) is 0 Å². The molecule has 0 bridgehead atoms. The van der Waals surface area contributed by atoms with E-state index in [0.29, 0.717) is 0 Å². The summed E-state index contributed by atoms with van der Waals surface area (Å²) in [6.45, 7) is 0.00841. The van der Waals surface area contributed by atoms with Crippen molar-refractivity contribution in [2.24, 2.45) is 0 Å². The van der Waals surface area contributed by atoms with Gasteiger partial charge in [0.25, 0.3) is 11.6 Å². The molecule has 0 aromatic heterocycles. The first-order valence-electron chi connectivity index (χ1n) is 5.23. The Labute approximate surface area is 113 Å². The van der Waals surface area contributed by atoms with Crippen LogP contribution in [0.4, 0.5) is 5.69 Å². The number of carbonyl (C=O) groups is 2. The number of carboxylic acids is 1.